The van der Waals surface area contributed by atoms with Crippen LogP contribution < -0.4 is 14.8 Å². The van der Waals surface area contributed by atoms with E-state index in [0.29, 0.717) is 42.0 Å². The molecule has 4 atom stereocenters. The Morgan fingerprint density at radius 2 is 1.73 bits per heavy atom. The summed E-state index contributed by atoms with van der Waals surface area (Å²) < 4.78 is 23.6. The van der Waals surface area contributed by atoms with Gasteiger partial charge in [-0.1, -0.05) is 36.4 Å². The fourth-order valence-electron chi connectivity index (χ4n) is 6.11. The zero-order valence-electron chi connectivity index (χ0n) is 29.0. The van der Waals surface area contributed by atoms with Gasteiger partial charge in [0, 0.05) is 29.5 Å². The molecule has 10 heteroatoms. The van der Waals surface area contributed by atoms with Crippen molar-refractivity contribution in [3.05, 3.63) is 67.3 Å². The number of likely N-dealkylation sites (tertiary alicyclic amines) is 1. The molecule has 1 unspecified atom stereocenters. The number of benzene rings is 2. The largest absolute Gasteiger partial charge is 0.497 e. The van der Waals surface area contributed by atoms with Crippen LogP contribution in [0.4, 0.5) is 4.79 Å². The van der Waals surface area contributed by atoms with Gasteiger partial charge in [0.05, 0.1) is 24.9 Å². The predicted octanol–water partition coefficient (Wildman–Crippen LogP) is 6.85. The molecule has 1 saturated carbocycles. The standard InChI is InChI=1S/C38H47N3O7/c1-9-10-16-25-22-38(25,34(43)47-36(2,3)4)40-33(42)31-20-27(23-41(31)35(44)48-37(5,6)7)46-32-21-29(24-14-12-11-13-15-24)39-30-19-26(45-8)17-18-28(30)32/h9,11-15,17-19,21,25,27,31H,1,10,16,20,22-23H2,2-8H3,(H,40,42)/t25?,27-,31+,38-/m1/s1. The maximum Gasteiger partial charge on any atom is 0.411 e. The molecule has 0 bridgehead atoms. The number of nitrogens with zero attached hydrogens (tertiary/aromatic N) is 2. The molecule has 1 N–H and O–H groups in total. The van der Waals surface area contributed by atoms with E-state index in [0.717, 1.165) is 10.9 Å². The van der Waals surface area contributed by atoms with E-state index in [4.69, 9.17) is 23.9 Å². The molecule has 48 heavy (non-hydrogen) atoms. The number of esters is 1. The minimum atomic E-state index is -1.17. The lowest BCUT2D eigenvalue weighted by Crippen LogP contribution is -2.54. The van der Waals surface area contributed by atoms with Crippen LogP contribution in [0, 0.1) is 5.92 Å². The van der Waals surface area contributed by atoms with Crippen LogP contribution in [0.2, 0.25) is 0 Å². The highest BCUT2D eigenvalue weighted by Crippen LogP contribution is 2.48. The van der Waals surface area contributed by atoms with Crippen molar-refractivity contribution < 1.29 is 33.3 Å². The van der Waals surface area contributed by atoms with E-state index in [-0.39, 0.29) is 18.9 Å². The second-order valence-corrected chi connectivity index (χ2v) is 14.6. The number of pyridine rings is 1. The number of hydrogen-bond acceptors (Lipinski definition) is 8. The van der Waals surface area contributed by atoms with Crippen molar-refractivity contribution in [2.45, 2.75) is 96.1 Å². The molecule has 0 spiro atoms. The van der Waals surface area contributed by atoms with Crippen LogP contribution in [0.25, 0.3) is 22.2 Å². The molecule has 2 heterocycles. The van der Waals surface area contributed by atoms with Gasteiger partial charge in [0.2, 0.25) is 5.91 Å². The molecule has 1 saturated heterocycles. The normalized spacial score (nSPS) is 22.1. The third-order valence-corrected chi connectivity index (χ3v) is 8.47. The average Bonchev–Trinajstić information content (AvgIpc) is 3.55. The molecule has 3 aromatic rings. The van der Waals surface area contributed by atoms with Gasteiger partial charge in [0.15, 0.2) is 0 Å². The van der Waals surface area contributed by atoms with Crippen LogP contribution in [-0.4, -0.2) is 70.4 Å². The van der Waals surface area contributed by atoms with E-state index >= 15 is 0 Å². The SMILES string of the molecule is C=CCCC1C[C@]1(NC(=O)[C@@H]1C[C@@H](Oc2cc(-c3ccccc3)nc3cc(OC)ccc23)CN1C(=O)OC(C)(C)C)C(=O)OC(C)(C)C. The molecule has 2 fully saturated rings. The summed E-state index contributed by atoms with van der Waals surface area (Å²) in [5.41, 5.74) is -0.385. The van der Waals surface area contributed by atoms with Gasteiger partial charge >= 0.3 is 12.1 Å². The summed E-state index contributed by atoms with van der Waals surface area (Å²) in [5.74, 6) is 0.195. The molecular formula is C38H47N3O7. The van der Waals surface area contributed by atoms with Gasteiger partial charge in [-0.05, 0) is 78.9 Å². The van der Waals surface area contributed by atoms with Crippen LogP contribution in [0.1, 0.15) is 67.2 Å². The maximum atomic E-state index is 14.1. The van der Waals surface area contributed by atoms with Gasteiger partial charge < -0.3 is 24.3 Å². The second-order valence-electron chi connectivity index (χ2n) is 14.6. The molecule has 256 valence electrons. The zero-order chi connectivity index (χ0) is 34.9. The first-order valence-corrected chi connectivity index (χ1v) is 16.5. The van der Waals surface area contributed by atoms with Crippen LogP contribution in [0.3, 0.4) is 0 Å². The number of rotatable bonds is 10. The minimum absolute atomic E-state index is 0.102. The summed E-state index contributed by atoms with van der Waals surface area (Å²) in [7, 11) is 1.60. The van der Waals surface area contributed by atoms with E-state index < -0.39 is 46.9 Å². The molecule has 10 nitrogen and oxygen atoms in total. The van der Waals surface area contributed by atoms with E-state index in [2.05, 4.69) is 11.9 Å². The minimum Gasteiger partial charge on any atom is -0.497 e. The third kappa shape index (κ3) is 7.91. The quantitative estimate of drug-likeness (QED) is 0.186. The Kier molecular flexibility index (Phi) is 9.76. The van der Waals surface area contributed by atoms with Gasteiger partial charge in [-0.15, -0.1) is 6.58 Å². The lowest BCUT2D eigenvalue weighted by atomic mass is 10.1. The van der Waals surface area contributed by atoms with Crippen molar-refractivity contribution >= 4 is 28.9 Å². The molecule has 5 rings (SSSR count). The topological polar surface area (TPSA) is 116 Å². The number of fused-ring (bicyclic) bond motifs is 1. The van der Waals surface area contributed by atoms with Gasteiger partial charge in [-0.3, -0.25) is 9.69 Å². The molecule has 2 amide bonds. The van der Waals surface area contributed by atoms with Crippen molar-refractivity contribution in [3.63, 3.8) is 0 Å². The van der Waals surface area contributed by atoms with Gasteiger partial charge in [0.1, 0.15) is 40.4 Å². The molecule has 2 aromatic carbocycles. The number of carbonyl (C=O) groups is 3. The van der Waals surface area contributed by atoms with Gasteiger partial charge in [0.25, 0.3) is 0 Å². The highest BCUT2D eigenvalue weighted by atomic mass is 16.6. The van der Waals surface area contributed by atoms with Crippen molar-refractivity contribution in [2.24, 2.45) is 5.92 Å². The second kappa shape index (κ2) is 13.5. The molecule has 1 aliphatic heterocycles. The number of hydrogen-bond donors (Lipinski definition) is 1. The van der Waals surface area contributed by atoms with Crippen LogP contribution in [0.5, 0.6) is 11.5 Å². The number of amides is 2. The first kappa shape index (κ1) is 34.7. The van der Waals surface area contributed by atoms with Crippen molar-refractivity contribution in [3.8, 4) is 22.8 Å². The van der Waals surface area contributed by atoms with Crippen LogP contribution in [0.15, 0.2) is 67.3 Å². The summed E-state index contributed by atoms with van der Waals surface area (Å²) >= 11 is 0. The van der Waals surface area contributed by atoms with Crippen molar-refractivity contribution in [1.82, 2.24) is 15.2 Å². The number of methoxy groups -OCH3 is 1. The van der Waals surface area contributed by atoms with Crippen LogP contribution >= 0.6 is 0 Å². The Balaban J connectivity index is 1.45. The smallest absolute Gasteiger partial charge is 0.411 e. The lowest BCUT2D eigenvalue weighted by Gasteiger charge is -2.30. The Labute approximate surface area is 282 Å². The Bertz CT molecular complexity index is 1680. The van der Waals surface area contributed by atoms with E-state index in [1.165, 1.54) is 4.90 Å². The maximum absolute atomic E-state index is 14.1. The van der Waals surface area contributed by atoms with Gasteiger partial charge in [-0.2, -0.15) is 0 Å². The predicted molar refractivity (Wildman–Crippen MR) is 184 cm³/mol. The first-order valence-electron chi connectivity index (χ1n) is 16.5. The highest BCUT2D eigenvalue weighted by Gasteiger charge is 2.63. The number of nitrogens with one attached hydrogen (secondary N) is 1. The number of ether oxygens (including phenoxy) is 4. The molecule has 2 aliphatic rings. The fraction of sp³-hybridized carbons (Fsp3) is 0.474. The average molecular weight is 658 g/mol. The summed E-state index contributed by atoms with van der Waals surface area (Å²) in [5, 5.41) is 3.78. The van der Waals surface area contributed by atoms with Gasteiger partial charge in [-0.25, -0.2) is 14.6 Å². The molecule has 0 radical (unpaired) electrons. The fourth-order valence-corrected chi connectivity index (χ4v) is 6.11. The summed E-state index contributed by atoms with van der Waals surface area (Å²) in [6.45, 7) is 14.6. The summed E-state index contributed by atoms with van der Waals surface area (Å²) in [6, 6.07) is 16.3. The van der Waals surface area contributed by atoms with Crippen molar-refractivity contribution in [2.75, 3.05) is 13.7 Å². The first-order chi connectivity index (χ1) is 22.6. The summed E-state index contributed by atoms with van der Waals surface area (Å²) in [4.78, 5) is 47.4. The molecular weight excluding hydrogens is 610 g/mol. The number of carbonyl (C=O) groups excluding carboxylic acids is 3. The third-order valence-electron chi connectivity index (χ3n) is 8.47. The molecule has 1 aromatic heterocycles. The van der Waals surface area contributed by atoms with E-state index in [1.807, 2.05) is 54.6 Å². The van der Waals surface area contributed by atoms with E-state index in [9.17, 15) is 14.4 Å². The Hall–Kier alpha value is -4.60. The highest BCUT2D eigenvalue weighted by molar-refractivity contribution is 5.95. The lowest BCUT2D eigenvalue weighted by molar-refractivity contribution is -0.161. The number of allylic oxidation sites excluding steroid dienone is 1. The van der Waals surface area contributed by atoms with Crippen LogP contribution in [-0.2, 0) is 19.1 Å². The zero-order valence-corrected chi connectivity index (χ0v) is 29.0. The Morgan fingerprint density at radius 1 is 1.02 bits per heavy atom. The monoisotopic (exact) mass is 657 g/mol. The molecule has 1 aliphatic carbocycles. The van der Waals surface area contributed by atoms with Crippen molar-refractivity contribution in [1.29, 1.82) is 0 Å². The Morgan fingerprint density at radius 3 is 2.38 bits per heavy atom. The number of aromatic nitrogens is 1. The van der Waals surface area contributed by atoms with E-state index in [1.54, 1.807) is 54.7 Å². The summed E-state index contributed by atoms with van der Waals surface area (Å²) in [6.07, 6.45) is 2.63.